The summed E-state index contributed by atoms with van der Waals surface area (Å²) in [6.45, 7) is 11.0. The quantitative estimate of drug-likeness (QED) is 0.445. The van der Waals surface area contributed by atoms with Crippen molar-refractivity contribution >= 4 is 23.7 Å². The van der Waals surface area contributed by atoms with Crippen LogP contribution < -0.4 is 5.32 Å². The van der Waals surface area contributed by atoms with E-state index in [9.17, 15) is 18.8 Å². The van der Waals surface area contributed by atoms with Gasteiger partial charge in [0, 0.05) is 17.2 Å². The van der Waals surface area contributed by atoms with Crippen molar-refractivity contribution in [3.63, 3.8) is 0 Å². The first-order valence-electron chi connectivity index (χ1n) is 8.94. The van der Waals surface area contributed by atoms with E-state index in [1.54, 1.807) is 65.0 Å². The number of benzene rings is 1. The minimum Gasteiger partial charge on any atom is -0.457 e. The topological polar surface area (TPSA) is 72.5 Å². The molecule has 1 rings (SSSR count). The molecule has 0 saturated carbocycles. The second-order valence-electron chi connectivity index (χ2n) is 8.06. The number of halogens is 1. The molecule has 1 aromatic rings. The highest BCUT2D eigenvalue weighted by atomic mass is 19.1. The van der Waals surface area contributed by atoms with Gasteiger partial charge in [-0.15, -0.1) is 0 Å². The van der Waals surface area contributed by atoms with Crippen LogP contribution in [-0.4, -0.2) is 28.8 Å². The zero-order valence-corrected chi connectivity index (χ0v) is 17.5. The van der Waals surface area contributed by atoms with Gasteiger partial charge < -0.3 is 10.1 Å². The van der Waals surface area contributed by atoms with Crippen molar-refractivity contribution in [3.8, 4) is 0 Å². The van der Waals surface area contributed by atoms with Crippen molar-refractivity contribution in [2.24, 2.45) is 0 Å². The molecule has 1 amide bonds. The fourth-order valence-electron chi connectivity index (χ4n) is 2.20. The number of hydrogen-bond acceptors (Lipinski definition) is 4. The van der Waals surface area contributed by atoms with E-state index in [2.05, 4.69) is 5.32 Å². The Morgan fingerprint density at radius 2 is 1.54 bits per heavy atom. The van der Waals surface area contributed by atoms with E-state index in [1.807, 2.05) is 0 Å². The van der Waals surface area contributed by atoms with Crippen LogP contribution in [0, 0.1) is 0 Å². The van der Waals surface area contributed by atoms with Crippen LogP contribution in [0.25, 0.3) is 6.08 Å². The zero-order chi connectivity index (χ0) is 21.7. The molecule has 6 heteroatoms. The fraction of sp³-hybridized carbons (Fsp3) is 0.409. The van der Waals surface area contributed by atoms with Crippen LogP contribution in [-0.2, 0) is 14.3 Å². The predicted octanol–water partition coefficient (Wildman–Crippen LogP) is 4.38. The molecule has 0 aliphatic heterocycles. The van der Waals surface area contributed by atoms with Gasteiger partial charge in [-0.05, 0) is 60.1 Å². The Bertz CT molecular complexity index is 808. The Balaban J connectivity index is 2.87. The highest BCUT2D eigenvalue weighted by Gasteiger charge is 2.31. The Morgan fingerprint density at radius 3 is 2.00 bits per heavy atom. The molecule has 28 heavy (non-hydrogen) atoms. The van der Waals surface area contributed by atoms with E-state index >= 15 is 0 Å². The van der Waals surface area contributed by atoms with E-state index in [4.69, 9.17) is 4.74 Å². The summed E-state index contributed by atoms with van der Waals surface area (Å²) in [7, 11) is 0. The molecule has 0 unspecified atom stereocenters. The van der Waals surface area contributed by atoms with Gasteiger partial charge in [0.05, 0.1) is 5.54 Å². The van der Waals surface area contributed by atoms with Crippen LogP contribution in [0.3, 0.4) is 0 Å². The average Bonchev–Trinajstić information content (AvgIpc) is 2.57. The Morgan fingerprint density at radius 1 is 1.00 bits per heavy atom. The number of carbonyl (C=O) groups is 3. The minimum absolute atomic E-state index is 0.0662. The smallest absolute Gasteiger partial charge is 0.331 e. The third-order valence-electron chi connectivity index (χ3n) is 3.84. The second kappa shape index (κ2) is 8.95. The molecule has 0 aliphatic rings. The Labute approximate surface area is 165 Å². The van der Waals surface area contributed by atoms with Gasteiger partial charge in [-0.25, -0.2) is 9.18 Å². The van der Waals surface area contributed by atoms with Gasteiger partial charge in [0.2, 0.25) is 5.91 Å². The number of carbonyl (C=O) groups excluding carboxylic acids is 3. The zero-order valence-electron chi connectivity index (χ0n) is 17.5. The van der Waals surface area contributed by atoms with Crippen molar-refractivity contribution in [2.75, 3.05) is 0 Å². The third kappa shape index (κ3) is 7.10. The summed E-state index contributed by atoms with van der Waals surface area (Å²) in [5.74, 6) is -1.99. The molecule has 0 heterocycles. The van der Waals surface area contributed by atoms with Gasteiger partial charge in [0.1, 0.15) is 11.4 Å². The molecule has 0 saturated heterocycles. The van der Waals surface area contributed by atoms with Crippen LogP contribution >= 0.6 is 0 Å². The van der Waals surface area contributed by atoms with Crippen LogP contribution in [0.1, 0.15) is 64.4 Å². The maximum Gasteiger partial charge on any atom is 0.331 e. The van der Waals surface area contributed by atoms with E-state index in [1.165, 1.54) is 19.9 Å². The lowest BCUT2D eigenvalue weighted by Crippen LogP contribution is -2.50. The van der Waals surface area contributed by atoms with Crippen molar-refractivity contribution in [3.05, 3.63) is 52.9 Å². The van der Waals surface area contributed by atoms with Crippen LogP contribution in [0.2, 0.25) is 0 Å². The molecule has 0 aromatic heterocycles. The maximum absolute atomic E-state index is 13.2. The molecule has 0 atom stereocenters. The normalized spacial score (nSPS) is 13.1. The minimum atomic E-state index is -1.21. The summed E-state index contributed by atoms with van der Waals surface area (Å²) in [5.41, 5.74) is -0.734. The second-order valence-corrected chi connectivity index (χ2v) is 8.06. The number of ether oxygens (including phenoxy) is 1. The molecule has 1 N–H and O–H groups in total. The van der Waals surface area contributed by atoms with E-state index < -0.39 is 28.8 Å². The number of esters is 1. The van der Waals surface area contributed by atoms with Crippen LogP contribution in [0.15, 0.2) is 41.7 Å². The summed E-state index contributed by atoms with van der Waals surface area (Å²) in [6, 6.07) is 6.58. The van der Waals surface area contributed by atoms with Crippen molar-refractivity contribution in [1.82, 2.24) is 5.32 Å². The van der Waals surface area contributed by atoms with Gasteiger partial charge in [-0.3, -0.25) is 9.59 Å². The fourth-order valence-corrected chi connectivity index (χ4v) is 2.20. The summed E-state index contributed by atoms with van der Waals surface area (Å²) >= 11 is 0. The van der Waals surface area contributed by atoms with E-state index in [0.29, 0.717) is 5.56 Å². The number of ketones is 1. The van der Waals surface area contributed by atoms with Gasteiger partial charge in [-0.2, -0.15) is 0 Å². The number of allylic oxidation sites excluding steroid dienone is 1. The van der Waals surface area contributed by atoms with Crippen molar-refractivity contribution in [2.45, 2.75) is 59.6 Å². The largest absolute Gasteiger partial charge is 0.457 e. The number of hydrogen-bond donors (Lipinski definition) is 1. The first-order valence-corrected chi connectivity index (χ1v) is 8.94. The first-order chi connectivity index (χ1) is 12.7. The number of nitrogens with one attached hydrogen (secondary N) is 1. The monoisotopic (exact) mass is 389 g/mol. The molecule has 152 valence electrons. The molecular weight excluding hydrogens is 361 g/mol. The molecule has 1 aromatic carbocycles. The number of Topliss-reactive ketones (excluding diaryl/α,β-unsaturated/α-hetero) is 1. The van der Waals surface area contributed by atoms with Gasteiger partial charge >= 0.3 is 5.97 Å². The van der Waals surface area contributed by atoms with E-state index in [-0.39, 0.29) is 11.4 Å². The Hall–Kier alpha value is -2.76. The lowest BCUT2D eigenvalue weighted by atomic mass is 9.92. The van der Waals surface area contributed by atoms with Crippen molar-refractivity contribution < 1.29 is 23.5 Å². The molecular formula is C22H28FNO4. The van der Waals surface area contributed by atoms with Crippen LogP contribution in [0.5, 0.6) is 0 Å². The lowest BCUT2D eigenvalue weighted by Gasteiger charge is -2.25. The molecule has 0 spiro atoms. The molecule has 0 radical (unpaired) electrons. The van der Waals surface area contributed by atoms with Gasteiger partial charge in [0.15, 0.2) is 5.78 Å². The number of rotatable bonds is 6. The van der Waals surface area contributed by atoms with E-state index in [0.717, 1.165) is 5.56 Å². The van der Waals surface area contributed by atoms with Crippen LogP contribution in [0.4, 0.5) is 4.39 Å². The highest BCUT2D eigenvalue weighted by Crippen LogP contribution is 2.16. The van der Waals surface area contributed by atoms with Gasteiger partial charge in [0.25, 0.3) is 0 Å². The molecule has 0 bridgehead atoms. The number of amides is 1. The predicted molar refractivity (Wildman–Crippen MR) is 107 cm³/mol. The SMILES string of the molecule is CC(F)=C(C)C(=O)NC(C)(C)C(=O)c1ccc(C=CC(=O)OC(C)(C)C)cc1. The summed E-state index contributed by atoms with van der Waals surface area (Å²) in [5, 5.41) is 2.55. The maximum atomic E-state index is 13.2. The standard InChI is InChI=1S/C22H28FNO4/c1-14(15(2)23)20(27)24-22(6,7)19(26)17-11-8-16(9-12-17)10-13-18(25)28-21(3,4)5/h8-13H,1-7H3,(H,24,27). The molecule has 0 fully saturated rings. The molecule has 0 aliphatic carbocycles. The summed E-state index contributed by atoms with van der Waals surface area (Å²) in [4.78, 5) is 36.4. The average molecular weight is 389 g/mol. The Kier molecular flexibility index (Phi) is 7.44. The lowest BCUT2D eigenvalue weighted by molar-refractivity contribution is -0.148. The van der Waals surface area contributed by atoms with Gasteiger partial charge in [-0.1, -0.05) is 24.3 Å². The summed E-state index contributed by atoms with van der Waals surface area (Å²) in [6.07, 6.45) is 2.91. The van der Waals surface area contributed by atoms with Crippen molar-refractivity contribution in [1.29, 1.82) is 0 Å². The first kappa shape index (κ1) is 23.3. The highest BCUT2D eigenvalue weighted by molar-refractivity contribution is 6.06. The third-order valence-corrected chi connectivity index (χ3v) is 3.84. The summed E-state index contributed by atoms with van der Waals surface area (Å²) < 4.78 is 18.4. The molecule has 5 nitrogen and oxygen atoms in total.